The molecule has 2 heterocycles. The number of aryl methyl sites for hydroxylation is 1. The zero-order valence-corrected chi connectivity index (χ0v) is 20.3. The summed E-state index contributed by atoms with van der Waals surface area (Å²) < 4.78 is 38.1. The molecule has 1 atom stereocenters. The Morgan fingerprint density at radius 1 is 1.24 bits per heavy atom. The molecule has 1 saturated heterocycles. The maximum absolute atomic E-state index is 13.1. The third-order valence-electron chi connectivity index (χ3n) is 5.37. The first-order valence-electron chi connectivity index (χ1n) is 10.5. The fraction of sp³-hybridized carbons (Fsp3) is 0.364. The van der Waals surface area contributed by atoms with Gasteiger partial charge in [0, 0.05) is 24.8 Å². The van der Waals surface area contributed by atoms with Gasteiger partial charge in [0.25, 0.3) is 0 Å². The van der Waals surface area contributed by atoms with Gasteiger partial charge in [-0.2, -0.15) is 4.31 Å². The van der Waals surface area contributed by atoms with Crippen LogP contribution in [0, 0.1) is 6.92 Å². The number of nitrogens with zero attached hydrogens (tertiary/aromatic N) is 2. The van der Waals surface area contributed by atoms with E-state index in [0.717, 1.165) is 16.8 Å². The van der Waals surface area contributed by atoms with Gasteiger partial charge in [0.05, 0.1) is 41.5 Å². The Hall–Kier alpha value is -2.60. The quantitative estimate of drug-likeness (QED) is 0.490. The maximum Gasteiger partial charge on any atom is 0.243 e. The van der Waals surface area contributed by atoms with Crippen LogP contribution in [0.25, 0.3) is 11.0 Å². The number of carbonyl (C=O) groups is 1. The van der Waals surface area contributed by atoms with E-state index < -0.39 is 15.3 Å². The van der Waals surface area contributed by atoms with E-state index in [1.165, 1.54) is 22.1 Å². The number of hydrogen-bond acceptors (Lipinski definition) is 7. The molecule has 1 aliphatic heterocycles. The number of hydrogen-bond donors (Lipinski definition) is 2. The van der Waals surface area contributed by atoms with Gasteiger partial charge in [0.2, 0.25) is 15.9 Å². The van der Waals surface area contributed by atoms with E-state index in [0.29, 0.717) is 42.7 Å². The van der Waals surface area contributed by atoms with Crippen LogP contribution in [0.2, 0.25) is 0 Å². The summed E-state index contributed by atoms with van der Waals surface area (Å²) in [6.07, 6.45) is 0. The number of methoxy groups -OCH3 is 1. The number of carbonyl (C=O) groups excluding carboxylic acids is 1. The summed E-state index contributed by atoms with van der Waals surface area (Å²) in [7, 11) is -2.07. The van der Waals surface area contributed by atoms with Gasteiger partial charge in [-0.15, -0.1) is 0 Å². The van der Waals surface area contributed by atoms with Crippen LogP contribution >= 0.6 is 11.8 Å². The average molecular weight is 491 g/mol. The number of ether oxygens (including phenoxy) is 2. The smallest absolute Gasteiger partial charge is 0.243 e. The molecule has 1 aliphatic rings. The van der Waals surface area contributed by atoms with Crippen LogP contribution in [0.15, 0.2) is 46.5 Å². The van der Waals surface area contributed by atoms with Crippen molar-refractivity contribution in [3.8, 4) is 5.75 Å². The zero-order valence-electron chi connectivity index (χ0n) is 18.6. The molecule has 1 aromatic heterocycles. The number of morpholine rings is 1. The molecule has 2 N–H and O–H groups in total. The first-order valence-corrected chi connectivity index (χ1v) is 12.8. The standard InChI is InChI=1S/C22H26N4O5S2/c1-14-4-5-16(12-20(14)33(28,29)26-8-10-31-11-9-26)23-21(27)15(2)32-22-24-18-7-6-17(30-3)13-19(18)25-22/h4-7,12-13,15H,8-11H2,1-3H3,(H,23,27)(H,24,25). The molecule has 0 radical (unpaired) electrons. The van der Waals surface area contributed by atoms with E-state index in [1.54, 1.807) is 33.1 Å². The van der Waals surface area contributed by atoms with Crippen molar-refractivity contribution in [2.45, 2.75) is 29.1 Å². The highest BCUT2D eigenvalue weighted by molar-refractivity contribution is 8.00. The van der Waals surface area contributed by atoms with Gasteiger partial charge in [0.1, 0.15) is 5.75 Å². The molecule has 3 aromatic rings. The van der Waals surface area contributed by atoms with E-state index in [-0.39, 0.29) is 10.8 Å². The monoisotopic (exact) mass is 490 g/mol. The van der Waals surface area contributed by atoms with Crippen molar-refractivity contribution < 1.29 is 22.7 Å². The minimum atomic E-state index is -3.67. The molecule has 11 heteroatoms. The molecule has 2 aromatic carbocycles. The SMILES string of the molecule is COc1ccc2nc(SC(C)C(=O)Nc3ccc(C)c(S(=O)(=O)N4CCOCC4)c3)[nH]c2c1. The number of sulfonamides is 1. The fourth-order valence-electron chi connectivity index (χ4n) is 3.49. The Balaban J connectivity index is 1.47. The van der Waals surface area contributed by atoms with Gasteiger partial charge in [0.15, 0.2) is 5.16 Å². The van der Waals surface area contributed by atoms with E-state index in [4.69, 9.17) is 9.47 Å². The lowest BCUT2D eigenvalue weighted by atomic mass is 10.2. The number of anilines is 1. The normalized spacial score (nSPS) is 16.0. The van der Waals surface area contributed by atoms with E-state index >= 15 is 0 Å². The fourth-order valence-corrected chi connectivity index (χ4v) is 5.97. The first kappa shape index (κ1) is 23.6. The van der Waals surface area contributed by atoms with Crippen LogP contribution in [0.4, 0.5) is 5.69 Å². The van der Waals surface area contributed by atoms with Gasteiger partial charge >= 0.3 is 0 Å². The maximum atomic E-state index is 13.1. The van der Waals surface area contributed by atoms with Crippen LogP contribution in [0.5, 0.6) is 5.75 Å². The van der Waals surface area contributed by atoms with Crippen LogP contribution in [-0.2, 0) is 19.6 Å². The molecule has 0 saturated carbocycles. The number of aromatic amines is 1. The number of imidazole rings is 1. The summed E-state index contributed by atoms with van der Waals surface area (Å²) in [5.74, 6) is 0.465. The largest absolute Gasteiger partial charge is 0.497 e. The topological polar surface area (TPSA) is 114 Å². The summed E-state index contributed by atoms with van der Waals surface area (Å²) in [5, 5.41) is 2.97. The molecule has 1 unspecified atom stereocenters. The van der Waals surface area contributed by atoms with Crippen molar-refractivity contribution in [2.75, 3.05) is 38.7 Å². The van der Waals surface area contributed by atoms with E-state index in [1.807, 2.05) is 18.2 Å². The zero-order chi connectivity index (χ0) is 23.6. The lowest BCUT2D eigenvalue weighted by molar-refractivity contribution is -0.115. The van der Waals surface area contributed by atoms with E-state index in [9.17, 15) is 13.2 Å². The summed E-state index contributed by atoms with van der Waals surface area (Å²) >= 11 is 1.29. The molecule has 1 amide bonds. The Morgan fingerprint density at radius 3 is 2.73 bits per heavy atom. The number of H-pyrrole nitrogens is 1. The number of rotatable bonds is 7. The summed E-state index contributed by atoms with van der Waals surface area (Å²) in [6, 6.07) is 10.4. The van der Waals surface area contributed by atoms with Crippen molar-refractivity contribution in [1.82, 2.24) is 14.3 Å². The van der Waals surface area contributed by atoms with Gasteiger partial charge in [-0.3, -0.25) is 4.79 Å². The third-order valence-corrected chi connectivity index (χ3v) is 8.39. The van der Waals surface area contributed by atoms with Gasteiger partial charge in [-0.1, -0.05) is 17.8 Å². The highest BCUT2D eigenvalue weighted by Crippen LogP contribution is 2.28. The van der Waals surface area contributed by atoms with Crippen LogP contribution in [-0.4, -0.2) is 67.3 Å². The Kier molecular flexibility index (Phi) is 6.94. The second-order valence-corrected chi connectivity index (χ2v) is 10.9. The molecule has 9 nitrogen and oxygen atoms in total. The minimum Gasteiger partial charge on any atom is -0.497 e. The molecule has 33 heavy (non-hydrogen) atoms. The van der Waals surface area contributed by atoms with Gasteiger partial charge in [-0.25, -0.2) is 13.4 Å². The highest BCUT2D eigenvalue weighted by atomic mass is 32.2. The molecule has 4 rings (SSSR count). The van der Waals surface area contributed by atoms with Crippen molar-refractivity contribution in [3.63, 3.8) is 0 Å². The van der Waals surface area contributed by atoms with Crippen LogP contribution in [0.3, 0.4) is 0 Å². The minimum absolute atomic E-state index is 0.189. The van der Waals surface area contributed by atoms with Gasteiger partial charge < -0.3 is 19.8 Å². The Morgan fingerprint density at radius 2 is 2.00 bits per heavy atom. The molecule has 0 spiro atoms. The highest BCUT2D eigenvalue weighted by Gasteiger charge is 2.28. The number of benzene rings is 2. The second kappa shape index (κ2) is 9.72. The van der Waals surface area contributed by atoms with Crippen molar-refractivity contribution in [1.29, 1.82) is 0 Å². The number of fused-ring (bicyclic) bond motifs is 1. The third kappa shape index (κ3) is 5.16. The summed E-state index contributed by atoms with van der Waals surface area (Å²) in [4.78, 5) is 20.7. The molecular formula is C22H26N4O5S2. The number of nitrogens with one attached hydrogen (secondary N) is 2. The predicted molar refractivity (Wildman–Crippen MR) is 127 cm³/mol. The average Bonchev–Trinajstić information content (AvgIpc) is 3.22. The molecule has 176 valence electrons. The first-order chi connectivity index (χ1) is 15.8. The summed E-state index contributed by atoms with van der Waals surface area (Å²) in [6.45, 7) is 4.89. The van der Waals surface area contributed by atoms with Crippen LogP contribution < -0.4 is 10.1 Å². The Labute approximate surface area is 196 Å². The number of aromatic nitrogens is 2. The molecule has 0 bridgehead atoms. The molecule has 0 aliphatic carbocycles. The van der Waals surface area contributed by atoms with Crippen LogP contribution in [0.1, 0.15) is 12.5 Å². The van der Waals surface area contributed by atoms with Crippen molar-refractivity contribution in [3.05, 3.63) is 42.0 Å². The molecular weight excluding hydrogens is 464 g/mol. The van der Waals surface area contributed by atoms with Crippen molar-refractivity contribution in [2.24, 2.45) is 0 Å². The lowest BCUT2D eigenvalue weighted by Crippen LogP contribution is -2.40. The van der Waals surface area contributed by atoms with Crippen molar-refractivity contribution >= 4 is 44.4 Å². The second-order valence-electron chi connectivity index (χ2n) is 7.67. The molecule has 1 fully saturated rings. The Bertz CT molecular complexity index is 1270. The lowest BCUT2D eigenvalue weighted by Gasteiger charge is -2.27. The number of thioether (sulfide) groups is 1. The predicted octanol–water partition coefficient (Wildman–Crippen LogP) is 3.02. The van der Waals surface area contributed by atoms with E-state index in [2.05, 4.69) is 15.3 Å². The summed E-state index contributed by atoms with van der Waals surface area (Å²) in [5.41, 5.74) is 2.65. The van der Waals surface area contributed by atoms with Gasteiger partial charge in [-0.05, 0) is 43.7 Å². The number of amides is 1.